The van der Waals surface area contributed by atoms with Crippen LogP contribution in [0.2, 0.25) is 0 Å². The molecule has 2 heterocycles. The maximum absolute atomic E-state index is 14.7. The van der Waals surface area contributed by atoms with Crippen LogP contribution in [-0.2, 0) is 16.6 Å². The van der Waals surface area contributed by atoms with Gasteiger partial charge in [-0.25, -0.2) is 14.4 Å². The van der Waals surface area contributed by atoms with Gasteiger partial charge in [0.05, 0.1) is 19.0 Å². The minimum atomic E-state index is -4.19. The van der Waals surface area contributed by atoms with E-state index in [1.165, 1.54) is 19.4 Å². The zero-order valence-corrected chi connectivity index (χ0v) is 22.1. The highest BCUT2D eigenvalue weighted by molar-refractivity contribution is 7.92. The van der Waals surface area contributed by atoms with Crippen LogP contribution < -0.4 is 14.8 Å². The maximum Gasteiger partial charge on any atom is 0.281 e. The molecule has 1 fully saturated rings. The summed E-state index contributed by atoms with van der Waals surface area (Å²) in [6, 6.07) is 11.2. The average molecular weight is 559 g/mol. The van der Waals surface area contributed by atoms with Crippen LogP contribution in [0.1, 0.15) is 35.4 Å². The van der Waals surface area contributed by atoms with E-state index >= 15 is 0 Å². The first-order valence-electron chi connectivity index (χ1n) is 11.7. The van der Waals surface area contributed by atoms with Crippen LogP contribution in [0.4, 0.5) is 19.6 Å². The standard InChI is InChI=1S/C26H24F2N4O4S2/c1-14-10-18(29-12-17-4-3-5-21(36-2)23(17)33)13-30-25(14)38(34,35)32-26-31-22(24(28)37-26)16-8-9-19(15-6-7-15)20(27)11-16/h3-5,8-11,13,15,29,33H,6-7,12H2,1-2H3,(H,31,32). The first kappa shape index (κ1) is 25.9. The molecule has 3 N–H and O–H groups in total. The molecule has 0 saturated heterocycles. The number of sulfonamides is 1. The highest BCUT2D eigenvalue weighted by Crippen LogP contribution is 2.42. The number of aryl methyl sites for hydroxylation is 1. The Bertz CT molecular complexity index is 1620. The molecule has 2 aromatic carbocycles. The number of benzene rings is 2. The molecule has 0 atom stereocenters. The first-order chi connectivity index (χ1) is 18.2. The van der Waals surface area contributed by atoms with Crippen molar-refractivity contribution >= 4 is 32.2 Å². The number of para-hydroxylation sites is 1. The van der Waals surface area contributed by atoms with Crippen LogP contribution >= 0.6 is 11.3 Å². The van der Waals surface area contributed by atoms with Crippen molar-refractivity contribution in [1.29, 1.82) is 0 Å². The van der Waals surface area contributed by atoms with E-state index in [9.17, 15) is 22.3 Å². The number of phenolic OH excluding ortho intramolecular Hbond substituents is 1. The number of anilines is 2. The van der Waals surface area contributed by atoms with Crippen molar-refractivity contribution in [2.24, 2.45) is 0 Å². The summed E-state index contributed by atoms with van der Waals surface area (Å²) in [6.45, 7) is 1.83. The van der Waals surface area contributed by atoms with Gasteiger partial charge in [-0.2, -0.15) is 12.8 Å². The molecule has 0 aliphatic heterocycles. The van der Waals surface area contributed by atoms with Gasteiger partial charge in [-0.15, -0.1) is 0 Å². The van der Waals surface area contributed by atoms with Crippen molar-refractivity contribution in [3.63, 3.8) is 0 Å². The van der Waals surface area contributed by atoms with Gasteiger partial charge in [0, 0.05) is 17.7 Å². The van der Waals surface area contributed by atoms with Crippen LogP contribution in [0.15, 0.2) is 53.7 Å². The van der Waals surface area contributed by atoms with Gasteiger partial charge in [-0.3, -0.25) is 4.72 Å². The fourth-order valence-corrected chi connectivity index (χ4v) is 6.21. The molecule has 1 saturated carbocycles. The number of nitrogens with zero attached hydrogens (tertiary/aromatic N) is 2. The molecular weight excluding hydrogens is 534 g/mol. The Hall–Kier alpha value is -3.77. The molecule has 5 rings (SSSR count). The molecule has 8 nitrogen and oxygen atoms in total. The van der Waals surface area contributed by atoms with Gasteiger partial charge in [0.1, 0.15) is 11.5 Å². The second kappa shape index (κ2) is 10.2. The van der Waals surface area contributed by atoms with E-state index in [0.717, 1.165) is 12.8 Å². The number of methoxy groups -OCH3 is 1. The van der Waals surface area contributed by atoms with Gasteiger partial charge in [-0.05, 0) is 55.0 Å². The van der Waals surface area contributed by atoms with E-state index < -0.39 is 21.0 Å². The van der Waals surface area contributed by atoms with E-state index in [0.29, 0.717) is 39.5 Å². The summed E-state index contributed by atoms with van der Waals surface area (Å²) < 4.78 is 62.5. The summed E-state index contributed by atoms with van der Waals surface area (Å²) in [6.07, 6.45) is 3.21. The molecule has 0 bridgehead atoms. The quantitative estimate of drug-likeness (QED) is 0.238. The van der Waals surface area contributed by atoms with Crippen molar-refractivity contribution in [2.75, 3.05) is 17.1 Å². The summed E-state index contributed by atoms with van der Waals surface area (Å²) in [5.74, 6) is 0.133. The lowest BCUT2D eigenvalue weighted by Crippen LogP contribution is -2.16. The highest BCUT2D eigenvalue weighted by atomic mass is 32.2. The number of halogens is 2. The van der Waals surface area contributed by atoms with Gasteiger partial charge >= 0.3 is 0 Å². The van der Waals surface area contributed by atoms with Crippen molar-refractivity contribution in [1.82, 2.24) is 9.97 Å². The van der Waals surface area contributed by atoms with Crippen molar-refractivity contribution in [2.45, 2.75) is 37.3 Å². The molecular formula is C26H24F2N4O4S2. The van der Waals surface area contributed by atoms with Crippen LogP contribution in [0.3, 0.4) is 0 Å². The van der Waals surface area contributed by atoms with Crippen LogP contribution in [-0.4, -0.2) is 30.6 Å². The minimum absolute atomic E-state index is 0.00669. The Morgan fingerprint density at radius 1 is 1.18 bits per heavy atom. The number of nitrogens with one attached hydrogen (secondary N) is 2. The summed E-state index contributed by atoms with van der Waals surface area (Å²) in [7, 11) is -2.73. The van der Waals surface area contributed by atoms with Gasteiger partial charge in [0.15, 0.2) is 21.7 Å². The fourth-order valence-electron chi connectivity index (χ4n) is 4.10. The lowest BCUT2D eigenvalue weighted by Gasteiger charge is -2.12. The SMILES string of the molecule is COc1cccc(CNc2cnc(S(=O)(=O)Nc3nc(-c4ccc(C5CC5)c(F)c4)c(F)s3)c(C)c2)c1O. The molecule has 38 heavy (non-hydrogen) atoms. The Morgan fingerprint density at radius 2 is 1.97 bits per heavy atom. The molecule has 0 spiro atoms. The number of thiazole rings is 1. The van der Waals surface area contributed by atoms with Gasteiger partial charge < -0.3 is 15.2 Å². The number of rotatable bonds is 9. The Kier molecular flexibility index (Phi) is 6.93. The van der Waals surface area contributed by atoms with Crippen molar-refractivity contribution in [3.8, 4) is 22.8 Å². The fraction of sp³-hybridized carbons (Fsp3) is 0.231. The lowest BCUT2D eigenvalue weighted by atomic mass is 10.1. The Balaban J connectivity index is 1.31. The highest BCUT2D eigenvalue weighted by Gasteiger charge is 2.27. The van der Waals surface area contributed by atoms with Crippen LogP contribution in [0.25, 0.3) is 11.3 Å². The van der Waals surface area contributed by atoms with Gasteiger partial charge in [-0.1, -0.05) is 35.6 Å². The number of pyridine rings is 1. The topological polar surface area (TPSA) is 113 Å². The van der Waals surface area contributed by atoms with E-state index in [2.05, 4.69) is 20.0 Å². The second-order valence-corrected chi connectivity index (χ2v) is 11.5. The third kappa shape index (κ3) is 5.27. The maximum atomic E-state index is 14.7. The number of aromatic nitrogens is 2. The summed E-state index contributed by atoms with van der Waals surface area (Å²) in [5, 5.41) is 12.2. The zero-order valence-electron chi connectivity index (χ0n) is 20.5. The molecule has 0 radical (unpaired) electrons. The monoisotopic (exact) mass is 558 g/mol. The zero-order chi connectivity index (χ0) is 27.0. The number of hydrogen-bond acceptors (Lipinski definition) is 8. The summed E-state index contributed by atoms with van der Waals surface area (Å²) >= 11 is 0.514. The molecule has 2 aromatic heterocycles. The predicted octanol–water partition coefficient (Wildman–Crippen LogP) is 5.80. The lowest BCUT2D eigenvalue weighted by molar-refractivity contribution is 0.371. The third-order valence-electron chi connectivity index (χ3n) is 6.17. The van der Waals surface area contributed by atoms with E-state index in [1.807, 2.05) is 0 Å². The smallest absolute Gasteiger partial charge is 0.281 e. The van der Waals surface area contributed by atoms with E-state index in [-0.39, 0.29) is 39.6 Å². The van der Waals surface area contributed by atoms with E-state index in [1.54, 1.807) is 43.3 Å². The molecule has 12 heteroatoms. The molecule has 4 aromatic rings. The Labute approximate surface area is 222 Å². The van der Waals surface area contributed by atoms with Crippen molar-refractivity contribution < 1.29 is 27.0 Å². The second-order valence-electron chi connectivity index (χ2n) is 8.92. The van der Waals surface area contributed by atoms with Crippen molar-refractivity contribution in [3.05, 3.63) is 76.3 Å². The van der Waals surface area contributed by atoms with Crippen LogP contribution in [0, 0.1) is 17.9 Å². The molecule has 1 aliphatic rings. The Morgan fingerprint density at radius 3 is 2.66 bits per heavy atom. The molecule has 198 valence electrons. The summed E-state index contributed by atoms with van der Waals surface area (Å²) in [5.41, 5.74) is 2.17. The minimum Gasteiger partial charge on any atom is -0.504 e. The number of ether oxygens (including phenoxy) is 1. The molecule has 1 aliphatic carbocycles. The number of phenols is 1. The largest absolute Gasteiger partial charge is 0.504 e. The first-order valence-corrected chi connectivity index (χ1v) is 14.0. The number of aromatic hydroxyl groups is 1. The number of hydrogen-bond donors (Lipinski definition) is 3. The van der Waals surface area contributed by atoms with Crippen LogP contribution in [0.5, 0.6) is 11.5 Å². The predicted molar refractivity (Wildman–Crippen MR) is 141 cm³/mol. The molecule has 0 amide bonds. The third-order valence-corrected chi connectivity index (χ3v) is 8.46. The van der Waals surface area contributed by atoms with Gasteiger partial charge in [0.25, 0.3) is 10.0 Å². The van der Waals surface area contributed by atoms with Gasteiger partial charge in [0.2, 0.25) is 5.13 Å². The summed E-state index contributed by atoms with van der Waals surface area (Å²) in [4.78, 5) is 8.15. The molecule has 0 unspecified atom stereocenters. The normalized spacial score (nSPS) is 13.4. The van der Waals surface area contributed by atoms with E-state index in [4.69, 9.17) is 4.74 Å². The average Bonchev–Trinajstić information content (AvgIpc) is 3.65.